The van der Waals surface area contributed by atoms with Crippen LogP contribution in [0.4, 0.5) is 0 Å². The molecule has 1 unspecified atom stereocenters. The van der Waals surface area contributed by atoms with E-state index in [4.69, 9.17) is 10.4 Å². The van der Waals surface area contributed by atoms with Crippen LogP contribution in [0.3, 0.4) is 0 Å². The lowest BCUT2D eigenvalue weighted by Gasteiger charge is -1.96. The highest BCUT2D eigenvalue weighted by Gasteiger charge is 2.01. The predicted molar refractivity (Wildman–Crippen MR) is 31.4 cm³/mol. The van der Waals surface area contributed by atoms with Crippen molar-refractivity contribution in [3.05, 3.63) is 12.2 Å². The van der Waals surface area contributed by atoms with Crippen molar-refractivity contribution in [3.63, 3.8) is 0 Å². The fourth-order valence-corrected chi connectivity index (χ4v) is 0.346. The molecule has 1 N–H and O–H groups in total. The maximum atomic E-state index is 9.76. The van der Waals surface area contributed by atoms with Gasteiger partial charge in [0.05, 0.1) is 6.07 Å². The molecule has 0 aliphatic heterocycles. The summed E-state index contributed by atoms with van der Waals surface area (Å²) in [5.74, 6) is 0. The van der Waals surface area contributed by atoms with Gasteiger partial charge in [0.15, 0.2) is 0 Å². The summed E-state index contributed by atoms with van der Waals surface area (Å²) in [6, 6.07) is 1.72. The highest BCUT2D eigenvalue weighted by atomic mass is 16.3. The fourth-order valence-electron chi connectivity index (χ4n) is 0.346. The van der Waals surface area contributed by atoms with Crippen molar-refractivity contribution in [1.29, 1.82) is 5.26 Å². The summed E-state index contributed by atoms with van der Waals surface area (Å²) >= 11 is 0. The van der Waals surface area contributed by atoms with Crippen molar-refractivity contribution < 1.29 is 9.90 Å². The third kappa shape index (κ3) is 3.44. The van der Waals surface area contributed by atoms with Crippen LogP contribution in [-0.2, 0) is 4.79 Å². The van der Waals surface area contributed by atoms with Crippen LogP contribution in [0, 0.1) is 11.3 Å². The number of aliphatic hydroxyl groups excluding tert-OH is 1. The lowest BCUT2D eigenvalue weighted by atomic mass is 10.2. The standard InChI is InChI=1S/C6H7NO2/c1-5(3-7)2-6(9)4-8/h4,6,9H,1-2H2. The number of hydrogen-bond donors (Lipinski definition) is 1. The van der Waals surface area contributed by atoms with E-state index in [0.29, 0.717) is 6.29 Å². The molecule has 0 fully saturated rings. The molecule has 0 aliphatic rings. The number of aliphatic hydroxyl groups is 1. The van der Waals surface area contributed by atoms with Gasteiger partial charge in [0.25, 0.3) is 0 Å². The Kier molecular flexibility index (Phi) is 3.33. The highest BCUT2D eigenvalue weighted by molar-refractivity contribution is 5.56. The minimum Gasteiger partial charge on any atom is -0.385 e. The maximum Gasteiger partial charge on any atom is 0.148 e. The van der Waals surface area contributed by atoms with Crippen molar-refractivity contribution in [2.75, 3.05) is 0 Å². The largest absolute Gasteiger partial charge is 0.385 e. The lowest BCUT2D eigenvalue weighted by Crippen LogP contribution is -2.07. The minimum absolute atomic E-state index is 0.0417. The van der Waals surface area contributed by atoms with Gasteiger partial charge < -0.3 is 9.90 Å². The first-order valence-corrected chi connectivity index (χ1v) is 2.42. The quantitative estimate of drug-likeness (QED) is 0.427. The number of nitriles is 1. The molecule has 0 aromatic carbocycles. The van der Waals surface area contributed by atoms with Crippen molar-refractivity contribution in [3.8, 4) is 6.07 Å². The van der Waals surface area contributed by atoms with Gasteiger partial charge in [-0.3, -0.25) is 0 Å². The van der Waals surface area contributed by atoms with Crippen LogP contribution in [0.5, 0.6) is 0 Å². The molecule has 3 nitrogen and oxygen atoms in total. The van der Waals surface area contributed by atoms with E-state index in [1.54, 1.807) is 6.07 Å². The Morgan fingerprint density at radius 1 is 2.00 bits per heavy atom. The van der Waals surface area contributed by atoms with Crippen LogP contribution in [-0.4, -0.2) is 17.5 Å². The third-order valence-electron chi connectivity index (χ3n) is 0.771. The van der Waals surface area contributed by atoms with Crippen LogP contribution in [0.2, 0.25) is 0 Å². The Hall–Kier alpha value is -1.14. The third-order valence-corrected chi connectivity index (χ3v) is 0.771. The molecule has 1 atom stereocenters. The molecule has 0 aromatic heterocycles. The zero-order valence-electron chi connectivity index (χ0n) is 4.87. The fraction of sp³-hybridized carbons (Fsp3) is 0.333. The number of aldehydes is 1. The average molecular weight is 125 g/mol. The number of carbonyl (C=O) groups is 1. The molecule has 0 saturated heterocycles. The summed E-state index contributed by atoms with van der Waals surface area (Å²) in [5, 5.41) is 16.7. The summed E-state index contributed by atoms with van der Waals surface area (Å²) in [6.45, 7) is 3.28. The van der Waals surface area contributed by atoms with E-state index >= 15 is 0 Å². The van der Waals surface area contributed by atoms with Gasteiger partial charge in [-0.05, 0) is 0 Å². The first-order chi connectivity index (χ1) is 4.20. The van der Waals surface area contributed by atoms with Gasteiger partial charge in [-0.1, -0.05) is 6.58 Å². The Morgan fingerprint density at radius 2 is 2.56 bits per heavy atom. The van der Waals surface area contributed by atoms with Gasteiger partial charge in [0, 0.05) is 12.0 Å². The number of hydrogen-bond acceptors (Lipinski definition) is 3. The van der Waals surface area contributed by atoms with Crippen LogP contribution >= 0.6 is 0 Å². The van der Waals surface area contributed by atoms with Crippen molar-refractivity contribution >= 4 is 6.29 Å². The lowest BCUT2D eigenvalue weighted by molar-refractivity contribution is -0.114. The Morgan fingerprint density at radius 3 is 2.89 bits per heavy atom. The second kappa shape index (κ2) is 3.81. The average Bonchev–Trinajstić information content (AvgIpc) is 1.87. The second-order valence-electron chi connectivity index (χ2n) is 1.62. The zero-order chi connectivity index (χ0) is 7.28. The number of rotatable bonds is 3. The smallest absolute Gasteiger partial charge is 0.148 e. The summed E-state index contributed by atoms with van der Waals surface area (Å²) in [4.78, 5) is 9.76. The van der Waals surface area contributed by atoms with Crippen LogP contribution in [0.1, 0.15) is 6.42 Å². The van der Waals surface area contributed by atoms with Crippen LogP contribution in [0.25, 0.3) is 0 Å². The number of carbonyl (C=O) groups excluding carboxylic acids is 1. The molecule has 3 heteroatoms. The van der Waals surface area contributed by atoms with E-state index in [2.05, 4.69) is 6.58 Å². The van der Waals surface area contributed by atoms with Crippen molar-refractivity contribution in [2.24, 2.45) is 0 Å². The molecule has 0 aromatic rings. The molecular formula is C6H7NO2. The molecule has 0 radical (unpaired) electrons. The maximum absolute atomic E-state index is 9.76. The van der Waals surface area contributed by atoms with Gasteiger partial charge >= 0.3 is 0 Å². The molecule has 0 bridgehead atoms. The molecule has 0 amide bonds. The number of nitrogens with zero attached hydrogens (tertiary/aromatic N) is 1. The Labute approximate surface area is 53.2 Å². The van der Waals surface area contributed by atoms with Crippen molar-refractivity contribution in [2.45, 2.75) is 12.5 Å². The SMILES string of the molecule is C=C(C#N)CC(O)C=O. The summed E-state index contributed by atoms with van der Waals surface area (Å²) in [6.07, 6.45) is -0.653. The molecule has 9 heavy (non-hydrogen) atoms. The summed E-state index contributed by atoms with van der Waals surface area (Å²) < 4.78 is 0. The van der Waals surface area contributed by atoms with E-state index in [9.17, 15) is 4.79 Å². The van der Waals surface area contributed by atoms with Gasteiger partial charge in [0.1, 0.15) is 12.4 Å². The van der Waals surface area contributed by atoms with Gasteiger partial charge in [0.2, 0.25) is 0 Å². The van der Waals surface area contributed by atoms with Gasteiger partial charge in [-0.15, -0.1) is 0 Å². The molecule has 0 aliphatic carbocycles. The van der Waals surface area contributed by atoms with E-state index in [1.807, 2.05) is 0 Å². The van der Waals surface area contributed by atoms with E-state index in [-0.39, 0.29) is 12.0 Å². The monoisotopic (exact) mass is 125 g/mol. The molecular weight excluding hydrogens is 118 g/mol. The molecule has 0 rings (SSSR count). The zero-order valence-corrected chi connectivity index (χ0v) is 4.87. The van der Waals surface area contributed by atoms with Gasteiger partial charge in [-0.25, -0.2) is 0 Å². The van der Waals surface area contributed by atoms with E-state index in [0.717, 1.165) is 0 Å². The molecule has 0 spiro atoms. The molecule has 0 heterocycles. The molecule has 48 valence electrons. The van der Waals surface area contributed by atoms with E-state index in [1.165, 1.54) is 0 Å². The first-order valence-electron chi connectivity index (χ1n) is 2.42. The predicted octanol–water partition coefficient (Wildman–Crippen LogP) is 0.0161. The summed E-state index contributed by atoms with van der Waals surface area (Å²) in [7, 11) is 0. The Bertz CT molecular complexity index is 157. The van der Waals surface area contributed by atoms with Crippen molar-refractivity contribution in [1.82, 2.24) is 0 Å². The highest BCUT2D eigenvalue weighted by Crippen LogP contribution is 1.97. The van der Waals surface area contributed by atoms with Crippen LogP contribution < -0.4 is 0 Å². The Balaban J connectivity index is 3.62. The topological polar surface area (TPSA) is 61.1 Å². The minimum atomic E-state index is -1.07. The second-order valence-corrected chi connectivity index (χ2v) is 1.62. The molecule has 0 saturated carbocycles. The first kappa shape index (κ1) is 7.86. The van der Waals surface area contributed by atoms with Crippen LogP contribution in [0.15, 0.2) is 12.2 Å². The normalized spacial score (nSPS) is 11.6. The van der Waals surface area contributed by atoms with E-state index < -0.39 is 6.10 Å². The summed E-state index contributed by atoms with van der Waals surface area (Å²) in [5.41, 5.74) is 0.217. The van der Waals surface area contributed by atoms with Gasteiger partial charge in [-0.2, -0.15) is 5.26 Å².